The average molecular weight is 496 g/mol. The Bertz CT molecular complexity index is 1520. The second-order valence-corrected chi connectivity index (χ2v) is 9.76. The number of rotatable bonds is 7. The Hall–Kier alpha value is -3.62. The minimum Gasteiger partial charge on any atom is -0.338 e. The molecule has 9 heteroatoms. The van der Waals surface area contributed by atoms with Crippen molar-refractivity contribution in [3.63, 3.8) is 0 Å². The molecule has 3 aromatic carbocycles. The van der Waals surface area contributed by atoms with Crippen LogP contribution in [0.3, 0.4) is 0 Å². The number of benzene rings is 3. The number of sulfonamides is 1. The molecule has 0 saturated heterocycles. The van der Waals surface area contributed by atoms with E-state index in [1.54, 1.807) is 78.4 Å². The van der Waals surface area contributed by atoms with Crippen LogP contribution in [-0.2, 0) is 21.4 Å². The Morgan fingerprint density at radius 2 is 1.71 bits per heavy atom. The molecule has 0 spiro atoms. The maximum Gasteiger partial charge on any atom is 0.265 e. The van der Waals surface area contributed by atoms with Crippen LogP contribution < -0.4 is 15.1 Å². The van der Waals surface area contributed by atoms with Crippen molar-refractivity contribution >= 4 is 49.8 Å². The predicted molar refractivity (Wildman–Crippen MR) is 135 cm³/mol. The van der Waals surface area contributed by atoms with Crippen LogP contribution in [0, 0.1) is 0 Å². The third-order valence-electron chi connectivity index (χ3n) is 5.31. The zero-order valence-electron chi connectivity index (χ0n) is 18.3. The third kappa shape index (κ3) is 4.69. The quantitative estimate of drug-likeness (QED) is 0.408. The number of fused-ring (bicyclic) bond motifs is 1. The van der Waals surface area contributed by atoms with Gasteiger partial charge in [0.2, 0.25) is 5.91 Å². The second-order valence-electron chi connectivity index (χ2n) is 7.52. The lowest BCUT2D eigenvalue weighted by atomic mass is 10.2. The van der Waals surface area contributed by atoms with Gasteiger partial charge in [0.25, 0.3) is 10.0 Å². The lowest BCUT2D eigenvalue weighted by Crippen LogP contribution is -2.31. The van der Waals surface area contributed by atoms with Crippen LogP contribution in [0.15, 0.2) is 94.7 Å². The van der Waals surface area contributed by atoms with Gasteiger partial charge < -0.3 is 9.88 Å². The molecule has 0 atom stereocenters. The highest BCUT2D eigenvalue weighted by Crippen LogP contribution is 2.30. The third-order valence-corrected chi connectivity index (χ3v) is 7.70. The van der Waals surface area contributed by atoms with Gasteiger partial charge in [-0.05, 0) is 49.4 Å². The molecule has 0 bridgehead atoms. The van der Waals surface area contributed by atoms with Crippen LogP contribution in [0.25, 0.3) is 10.9 Å². The summed E-state index contributed by atoms with van der Waals surface area (Å²) in [4.78, 5) is 24.7. The number of carbonyl (C=O) groups excluding carboxylic acids is 1. The Labute approximate surface area is 202 Å². The fraction of sp³-hybridized carbons (Fsp3) is 0.120. The van der Waals surface area contributed by atoms with Crippen molar-refractivity contribution in [2.45, 2.75) is 18.4 Å². The average Bonchev–Trinajstić information content (AvgIpc) is 2.83. The number of aromatic nitrogens is 1. The Morgan fingerprint density at radius 1 is 1.00 bits per heavy atom. The van der Waals surface area contributed by atoms with Gasteiger partial charge in [-0.25, -0.2) is 8.42 Å². The van der Waals surface area contributed by atoms with Crippen molar-refractivity contribution < 1.29 is 13.2 Å². The number of amides is 1. The molecule has 0 aliphatic heterocycles. The van der Waals surface area contributed by atoms with E-state index in [0.717, 1.165) is 0 Å². The number of nitrogens with one attached hydrogen (secondary N) is 1. The molecule has 0 fully saturated rings. The van der Waals surface area contributed by atoms with Gasteiger partial charge in [-0.15, -0.1) is 0 Å². The van der Waals surface area contributed by atoms with Gasteiger partial charge in [0.05, 0.1) is 16.2 Å². The Morgan fingerprint density at radius 3 is 2.44 bits per heavy atom. The summed E-state index contributed by atoms with van der Waals surface area (Å²) in [7, 11) is -3.98. The molecule has 0 aliphatic carbocycles. The smallest absolute Gasteiger partial charge is 0.265 e. The number of anilines is 2. The standard InChI is InChI=1S/C25H22ClN3O4S/c1-2-29(19-8-4-3-5-9-19)34(32,33)24-16-18(12-13-21(24)26)27-25(31)17-28-15-14-23(30)20-10-6-7-11-22(20)28/h3-16H,2,17H2,1H3,(H,27,31). The number of pyridine rings is 1. The van der Waals surface area contributed by atoms with Gasteiger partial charge in [-0.1, -0.05) is 41.9 Å². The highest BCUT2D eigenvalue weighted by molar-refractivity contribution is 7.93. The number of hydrogen-bond donors (Lipinski definition) is 1. The summed E-state index contributed by atoms with van der Waals surface area (Å²) in [5.74, 6) is -0.380. The molecule has 0 radical (unpaired) electrons. The van der Waals surface area contributed by atoms with E-state index in [0.29, 0.717) is 22.3 Å². The van der Waals surface area contributed by atoms with Crippen LogP contribution >= 0.6 is 11.6 Å². The summed E-state index contributed by atoms with van der Waals surface area (Å²) in [6.07, 6.45) is 1.56. The van der Waals surface area contributed by atoms with Crippen LogP contribution in [0.2, 0.25) is 5.02 Å². The fourth-order valence-electron chi connectivity index (χ4n) is 3.74. The highest BCUT2D eigenvalue weighted by atomic mass is 35.5. The first-order valence-corrected chi connectivity index (χ1v) is 12.4. The highest BCUT2D eigenvalue weighted by Gasteiger charge is 2.26. The first kappa shape index (κ1) is 23.5. The molecule has 34 heavy (non-hydrogen) atoms. The van der Waals surface area contributed by atoms with E-state index >= 15 is 0 Å². The maximum atomic E-state index is 13.4. The van der Waals surface area contributed by atoms with Gasteiger partial charge in [0, 0.05) is 29.9 Å². The normalized spacial score (nSPS) is 11.4. The van der Waals surface area contributed by atoms with E-state index in [2.05, 4.69) is 5.32 Å². The summed E-state index contributed by atoms with van der Waals surface area (Å²) >= 11 is 6.26. The fourth-order valence-corrected chi connectivity index (χ4v) is 5.71. The molecule has 0 saturated carbocycles. The zero-order valence-corrected chi connectivity index (χ0v) is 19.9. The first-order valence-electron chi connectivity index (χ1n) is 10.6. The summed E-state index contributed by atoms with van der Waals surface area (Å²) in [6, 6.07) is 21.5. The van der Waals surface area contributed by atoms with E-state index in [1.165, 1.54) is 22.5 Å². The summed E-state index contributed by atoms with van der Waals surface area (Å²) in [5, 5.41) is 3.29. The van der Waals surface area contributed by atoms with Crippen molar-refractivity contribution in [2.75, 3.05) is 16.2 Å². The summed E-state index contributed by atoms with van der Waals surface area (Å²) < 4.78 is 29.7. The molecule has 0 unspecified atom stereocenters. The molecule has 1 heterocycles. The van der Waals surface area contributed by atoms with Gasteiger partial charge in [0.15, 0.2) is 5.43 Å². The summed E-state index contributed by atoms with van der Waals surface area (Å²) in [6.45, 7) is 1.88. The largest absolute Gasteiger partial charge is 0.338 e. The van der Waals surface area contributed by atoms with Crippen LogP contribution in [0.5, 0.6) is 0 Å². The lowest BCUT2D eigenvalue weighted by molar-refractivity contribution is -0.116. The number of nitrogens with zero attached hydrogens (tertiary/aromatic N) is 2. The Balaban J connectivity index is 1.61. The molecule has 1 N–H and O–H groups in total. The van der Waals surface area contributed by atoms with Crippen molar-refractivity contribution in [3.05, 3.63) is 100 Å². The molecule has 4 rings (SSSR count). The van der Waals surface area contributed by atoms with Gasteiger partial charge >= 0.3 is 0 Å². The topological polar surface area (TPSA) is 88.5 Å². The van der Waals surface area contributed by atoms with E-state index < -0.39 is 10.0 Å². The monoisotopic (exact) mass is 495 g/mol. The predicted octanol–water partition coefficient (Wildman–Crippen LogP) is 4.51. The zero-order chi connectivity index (χ0) is 24.3. The minimum atomic E-state index is -3.98. The van der Waals surface area contributed by atoms with Crippen molar-refractivity contribution in [2.24, 2.45) is 0 Å². The number of halogens is 1. The molecule has 4 aromatic rings. The minimum absolute atomic E-state index is 0.0544. The molecule has 1 amide bonds. The van der Waals surface area contributed by atoms with Crippen molar-refractivity contribution in [3.8, 4) is 0 Å². The molecular weight excluding hydrogens is 474 g/mol. The molecule has 1 aromatic heterocycles. The number of para-hydroxylation sites is 2. The maximum absolute atomic E-state index is 13.4. The Kier molecular flexibility index (Phi) is 6.72. The van der Waals surface area contributed by atoms with Crippen LogP contribution in [0.1, 0.15) is 6.92 Å². The van der Waals surface area contributed by atoms with Gasteiger partial charge in [-0.2, -0.15) is 0 Å². The lowest BCUT2D eigenvalue weighted by Gasteiger charge is -2.23. The van der Waals surface area contributed by atoms with E-state index in [9.17, 15) is 18.0 Å². The molecular formula is C25H22ClN3O4S. The van der Waals surface area contributed by atoms with Crippen molar-refractivity contribution in [1.29, 1.82) is 0 Å². The number of carbonyl (C=O) groups is 1. The summed E-state index contributed by atoms with van der Waals surface area (Å²) in [5.41, 5.74) is 1.31. The van der Waals surface area contributed by atoms with E-state index in [4.69, 9.17) is 11.6 Å². The first-order chi connectivity index (χ1) is 16.3. The van der Waals surface area contributed by atoms with Crippen molar-refractivity contribution in [1.82, 2.24) is 4.57 Å². The second kappa shape index (κ2) is 9.70. The number of hydrogen-bond acceptors (Lipinski definition) is 4. The molecule has 0 aliphatic rings. The van der Waals surface area contributed by atoms with E-state index in [1.807, 2.05) is 0 Å². The van der Waals surface area contributed by atoms with Gasteiger partial charge in [-0.3, -0.25) is 13.9 Å². The van der Waals surface area contributed by atoms with Crippen LogP contribution in [0.4, 0.5) is 11.4 Å². The van der Waals surface area contributed by atoms with Crippen LogP contribution in [-0.4, -0.2) is 25.4 Å². The van der Waals surface area contributed by atoms with E-state index in [-0.39, 0.29) is 34.3 Å². The molecule has 7 nitrogen and oxygen atoms in total. The SMILES string of the molecule is CCN(c1ccccc1)S(=O)(=O)c1cc(NC(=O)Cn2ccc(=O)c3ccccc32)ccc1Cl. The van der Waals surface area contributed by atoms with Gasteiger partial charge in [0.1, 0.15) is 11.4 Å². The molecule has 174 valence electrons.